The van der Waals surface area contributed by atoms with Gasteiger partial charge in [-0.1, -0.05) is 32.9 Å². The van der Waals surface area contributed by atoms with Crippen LogP contribution in [-0.4, -0.2) is 18.6 Å². The Morgan fingerprint density at radius 3 is 2.67 bits per heavy atom. The minimum absolute atomic E-state index is 0.0631. The molecule has 0 aromatic heterocycles. The molecule has 0 aliphatic rings. The van der Waals surface area contributed by atoms with E-state index in [1.165, 1.54) is 5.56 Å². The second kappa shape index (κ2) is 7.04. The number of benzene rings is 1. The van der Waals surface area contributed by atoms with Crippen LogP contribution in [0.2, 0.25) is 0 Å². The summed E-state index contributed by atoms with van der Waals surface area (Å²) in [6.45, 7) is 8.76. The van der Waals surface area contributed by atoms with E-state index in [9.17, 15) is 4.79 Å². The summed E-state index contributed by atoms with van der Waals surface area (Å²) < 4.78 is 5.65. The first kappa shape index (κ1) is 14.6. The van der Waals surface area contributed by atoms with Crippen LogP contribution in [0.15, 0.2) is 24.3 Å². The largest absolute Gasteiger partial charge is 0.481 e. The van der Waals surface area contributed by atoms with Gasteiger partial charge in [0.1, 0.15) is 5.75 Å². The molecule has 100 valence electrons. The average molecular weight is 249 g/mol. The third-order valence-corrected chi connectivity index (χ3v) is 2.76. The Morgan fingerprint density at radius 1 is 1.33 bits per heavy atom. The Labute approximate surface area is 110 Å². The van der Waals surface area contributed by atoms with E-state index >= 15 is 0 Å². The lowest BCUT2D eigenvalue weighted by atomic mass is 10.0. The number of amides is 1. The maximum atomic E-state index is 11.7. The number of hydrogen-bond donors (Lipinski definition) is 1. The maximum Gasteiger partial charge on any atom is 0.260 e. The van der Waals surface area contributed by atoms with Gasteiger partial charge in [0.15, 0.2) is 6.10 Å². The molecule has 1 rings (SSSR count). The summed E-state index contributed by atoms with van der Waals surface area (Å²) in [7, 11) is 0. The van der Waals surface area contributed by atoms with Gasteiger partial charge in [-0.3, -0.25) is 4.79 Å². The van der Waals surface area contributed by atoms with Gasteiger partial charge in [-0.15, -0.1) is 0 Å². The Morgan fingerprint density at radius 2 is 2.06 bits per heavy atom. The Balaban J connectivity index is 2.61. The van der Waals surface area contributed by atoms with Gasteiger partial charge in [0, 0.05) is 6.54 Å². The zero-order valence-corrected chi connectivity index (χ0v) is 11.7. The van der Waals surface area contributed by atoms with Gasteiger partial charge < -0.3 is 10.1 Å². The van der Waals surface area contributed by atoms with E-state index < -0.39 is 6.10 Å². The second-order valence-corrected chi connectivity index (χ2v) is 4.78. The second-order valence-electron chi connectivity index (χ2n) is 4.78. The molecule has 0 saturated carbocycles. The summed E-state index contributed by atoms with van der Waals surface area (Å²) in [5.41, 5.74) is 1.22. The molecular weight excluding hydrogens is 226 g/mol. The fourth-order valence-corrected chi connectivity index (χ4v) is 1.60. The van der Waals surface area contributed by atoms with Crippen molar-refractivity contribution in [1.29, 1.82) is 0 Å². The lowest BCUT2D eigenvalue weighted by molar-refractivity contribution is -0.127. The third-order valence-electron chi connectivity index (χ3n) is 2.76. The van der Waals surface area contributed by atoms with Crippen LogP contribution in [0.1, 0.15) is 45.6 Å². The van der Waals surface area contributed by atoms with Gasteiger partial charge in [0.05, 0.1) is 0 Å². The van der Waals surface area contributed by atoms with Crippen molar-refractivity contribution in [3.63, 3.8) is 0 Å². The molecule has 1 unspecified atom stereocenters. The van der Waals surface area contributed by atoms with Crippen LogP contribution in [0.4, 0.5) is 0 Å². The molecule has 3 nitrogen and oxygen atoms in total. The Hall–Kier alpha value is -1.51. The zero-order valence-electron chi connectivity index (χ0n) is 11.7. The number of rotatable bonds is 6. The quantitative estimate of drug-likeness (QED) is 0.841. The van der Waals surface area contributed by atoms with Crippen molar-refractivity contribution in [3.8, 4) is 5.75 Å². The molecule has 1 N–H and O–H groups in total. The van der Waals surface area contributed by atoms with Crippen molar-refractivity contribution in [2.75, 3.05) is 6.54 Å². The van der Waals surface area contributed by atoms with Crippen LogP contribution >= 0.6 is 0 Å². The highest BCUT2D eigenvalue weighted by Gasteiger charge is 2.13. The van der Waals surface area contributed by atoms with Crippen LogP contribution in [-0.2, 0) is 4.79 Å². The van der Waals surface area contributed by atoms with Crippen molar-refractivity contribution in [2.45, 2.75) is 46.1 Å². The van der Waals surface area contributed by atoms with E-state index in [1.807, 2.05) is 25.1 Å². The molecule has 0 saturated heterocycles. The normalized spacial score (nSPS) is 12.3. The van der Waals surface area contributed by atoms with Crippen LogP contribution in [0.25, 0.3) is 0 Å². The predicted molar refractivity (Wildman–Crippen MR) is 73.9 cm³/mol. The molecule has 0 heterocycles. The van der Waals surface area contributed by atoms with Crippen LogP contribution in [0.5, 0.6) is 5.75 Å². The van der Waals surface area contributed by atoms with Crippen molar-refractivity contribution in [1.82, 2.24) is 5.32 Å². The van der Waals surface area contributed by atoms with E-state index in [0.29, 0.717) is 12.5 Å². The van der Waals surface area contributed by atoms with Gasteiger partial charge in [-0.2, -0.15) is 0 Å². The molecule has 0 bridgehead atoms. The highest BCUT2D eigenvalue weighted by Crippen LogP contribution is 2.20. The molecule has 1 aromatic carbocycles. The fraction of sp³-hybridized carbons (Fsp3) is 0.533. The van der Waals surface area contributed by atoms with Gasteiger partial charge in [-0.25, -0.2) is 0 Å². The zero-order chi connectivity index (χ0) is 13.5. The van der Waals surface area contributed by atoms with Gasteiger partial charge >= 0.3 is 0 Å². The van der Waals surface area contributed by atoms with Crippen LogP contribution in [0.3, 0.4) is 0 Å². The molecule has 0 aliphatic carbocycles. The smallest absolute Gasteiger partial charge is 0.260 e. The van der Waals surface area contributed by atoms with E-state index in [2.05, 4.69) is 25.2 Å². The summed E-state index contributed by atoms with van der Waals surface area (Å²) >= 11 is 0. The first-order chi connectivity index (χ1) is 8.54. The number of hydrogen-bond acceptors (Lipinski definition) is 2. The third kappa shape index (κ3) is 4.40. The highest BCUT2D eigenvalue weighted by atomic mass is 16.5. The van der Waals surface area contributed by atoms with E-state index in [1.54, 1.807) is 6.92 Å². The minimum atomic E-state index is -0.459. The topological polar surface area (TPSA) is 38.3 Å². The highest BCUT2D eigenvalue weighted by molar-refractivity contribution is 5.80. The van der Waals surface area contributed by atoms with Crippen LogP contribution in [0, 0.1) is 0 Å². The summed E-state index contributed by atoms with van der Waals surface area (Å²) in [6.07, 6.45) is 0.473. The molecule has 1 aromatic rings. The average Bonchev–Trinajstić information content (AvgIpc) is 2.36. The van der Waals surface area contributed by atoms with Crippen LogP contribution < -0.4 is 10.1 Å². The van der Waals surface area contributed by atoms with Crippen molar-refractivity contribution in [2.24, 2.45) is 0 Å². The predicted octanol–water partition coefficient (Wildman–Crippen LogP) is 3.10. The van der Waals surface area contributed by atoms with Crippen molar-refractivity contribution in [3.05, 3.63) is 29.8 Å². The molecule has 18 heavy (non-hydrogen) atoms. The van der Waals surface area contributed by atoms with Gasteiger partial charge in [0.2, 0.25) is 0 Å². The summed E-state index contributed by atoms with van der Waals surface area (Å²) in [4.78, 5) is 11.7. The summed E-state index contributed by atoms with van der Waals surface area (Å²) in [5.74, 6) is 1.14. The lowest BCUT2D eigenvalue weighted by Crippen LogP contribution is -2.36. The Kier molecular flexibility index (Phi) is 5.69. The first-order valence-electron chi connectivity index (χ1n) is 6.59. The van der Waals surface area contributed by atoms with E-state index in [4.69, 9.17) is 4.74 Å². The first-order valence-corrected chi connectivity index (χ1v) is 6.59. The summed E-state index contributed by atoms with van der Waals surface area (Å²) in [5, 5.41) is 2.83. The monoisotopic (exact) mass is 249 g/mol. The van der Waals surface area contributed by atoms with Gasteiger partial charge in [0.25, 0.3) is 5.91 Å². The molecule has 0 fully saturated rings. The number of nitrogens with one attached hydrogen (secondary N) is 1. The van der Waals surface area contributed by atoms with E-state index in [0.717, 1.165) is 12.2 Å². The number of ether oxygens (including phenoxy) is 1. The molecule has 1 amide bonds. The fourth-order valence-electron chi connectivity index (χ4n) is 1.60. The number of carbonyl (C=O) groups is 1. The number of carbonyl (C=O) groups excluding carboxylic acids is 1. The molecule has 0 aliphatic heterocycles. The lowest BCUT2D eigenvalue weighted by Gasteiger charge is -2.15. The Bertz CT molecular complexity index is 388. The van der Waals surface area contributed by atoms with Gasteiger partial charge in [-0.05, 0) is 37.0 Å². The summed E-state index contributed by atoms with van der Waals surface area (Å²) in [6, 6.07) is 7.91. The molecule has 3 heteroatoms. The maximum absolute atomic E-state index is 11.7. The molecule has 0 radical (unpaired) electrons. The molecule has 1 atom stereocenters. The van der Waals surface area contributed by atoms with Crippen molar-refractivity contribution >= 4 is 5.91 Å². The minimum Gasteiger partial charge on any atom is -0.481 e. The van der Waals surface area contributed by atoms with E-state index in [-0.39, 0.29) is 5.91 Å². The molecular formula is C15H23NO2. The SMILES string of the molecule is CCCNC(=O)C(C)Oc1cccc(C(C)C)c1. The molecule has 0 spiro atoms. The standard InChI is InChI=1S/C15H23NO2/c1-5-9-16-15(17)12(4)18-14-8-6-7-13(10-14)11(2)3/h6-8,10-12H,5,9H2,1-4H3,(H,16,17). The van der Waals surface area contributed by atoms with Crippen molar-refractivity contribution < 1.29 is 9.53 Å².